The summed E-state index contributed by atoms with van der Waals surface area (Å²) in [7, 11) is -1.62. The van der Waals surface area contributed by atoms with Crippen molar-refractivity contribution in [2.75, 3.05) is 39.3 Å². The maximum atomic E-state index is 11.0. The van der Waals surface area contributed by atoms with E-state index < -0.39 is 14.0 Å². The third-order valence-corrected chi connectivity index (χ3v) is 10.7. The van der Waals surface area contributed by atoms with Gasteiger partial charge in [-0.05, 0) is 37.0 Å². The molecule has 0 saturated carbocycles. The summed E-state index contributed by atoms with van der Waals surface area (Å²) in [5.74, 6) is 0. The minimum atomic E-state index is -1.62. The van der Waals surface area contributed by atoms with Crippen LogP contribution in [-0.2, 0) is 10.2 Å². The Bertz CT molecular complexity index is 547. The van der Waals surface area contributed by atoms with E-state index in [-0.39, 0.29) is 5.04 Å². The summed E-state index contributed by atoms with van der Waals surface area (Å²) >= 11 is 0. The number of hydrogen-bond donors (Lipinski definition) is 1. The molecular weight excluding hydrogens is 340 g/mol. The minimum Gasteiger partial charge on any atom is -0.417 e. The van der Waals surface area contributed by atoms with Gasteiger partial charge in [0.05, 0.1) is 0 Å². The van der Waals surface area contributed by atoms with Crippen LogP contribution in [-0.4, -0.2) is 62.6 Å². The molecule has 1 N–H and O–H groups in total. The second-order valence-electron chi connectivity index (χ2n) is 9.18. The molecule has 4 nitrogen and oxygen atoms in total. The van der Waals surface area contributed by atoms with Crippen molar-refractivity contribution in [1.82, 2.24) is 9.80 Å². The highest BCUT2D eigenvalue weighted by atomic mass is 28.4. The lowest BCUT2D eigenvalue weighted by Crippen LogP contribution is -2.54. The molecule has 1 aromatic carbocycles. The quantitative estimate of drug-likeness (QED) is 0.577. The van der Waals surface area contributed by atoms with Crippen LogP contribution in [0.25, 0.3) is 0 Å². The monoisotopic (exact) mass is 378 g/mol. The average Bonchev–Trinajstić information content (AvgIpc) is 2.59. The first-order valence-corrected chi connectivity index (χ1v) is 12.8. The van der Waals surface area contributed by atoms with Gasteiger partial charge in [-0.15, -0.1) is 0 Å². The van der Waals surface area contributed by atoms with Gasteiger partial charge in [0.15, 0.2) is 8.32 Å². The number of benzene rings is 1. The lowest BCUT2D eigenvalue weighted by atomic mass is 10.0. The van der Waals surface area contributed by atoms with E-state index in [9.17, 15) is 5.11 Å². The second kappa shape index (κ2) is 8.53. The Hall–Kier alpha value is -0.723. The fourth-order valence-corrected chi connectivity index (χ4v) is 4.26. The van der Waals surface area contributed by atoms with Crippen LogP contribution in [0.2, 0.25) is 18.1 Å². The van der Waals surface area contributed by atoms with Crippen molar-refractivity contribution in [3.05, 3.63) is 35.9 Å². The van der Waals surface area contributed by atoms with Gasteiger partial charge in [0.1, 0.15) is 5.72 Å². The highest BCUT2D eigenvalue weighted by Gasteiger charge is 2.37. The van der Waals surface area contributed by atoms with Gasteiger partial charge in [-0.3, -0.25) is 4.90 Å². The van der Waals surface area contributed by atoms with Crippen LogP contribution in [0.5, 0.6) is 0 Å². The smallest absolute Gasteiger partial charge is 0.191 e. The van der Waals surface area contributed by atoms with E-state index in [1.807, 2.05) is 37.3 Å². The van der Waals surface area contributed by atoms with Gasteiger partial charge in [-0.25, -0.2) is 0 Å². The zero-order valence-electron chi connectivity index (χ0n) is 17.6. The first-order valence-electron chi connectivity index (χ1n) is 9.93. The zero-order chi connectivity index (χ0) is 19.4. The zero-order valence-corrected chi connectivity index (χ0v) is 18.6. The van der Waals surface area contributed by atoms with Crippen molar-refractivity contribution in [1.29, 1.82) is 0 Å². The molecule has 0 radical (unpaired) electrons. The molecule has 1 aromatic rings. The fourth-order valence-electron chi connectivity index (χ4n) is 3.18. The van der Waals surface area contributed by atoms with Crippen molar-refractivity contribution in [2.24, 2.45) is 0 Å². The standard InChI is InChI=1S/C21H38N2O2Si/c1-20(2,3)26(5,6)25-18-10-13-22-14-16-23(17-15-22)21(4,24)19-11-8-7-9-12-19/h7-9,11-12,24H,10,13-18H2,1-6H3. The average molecular weight is 379 g/mol. The number of hydrogen-bond acceptors (Lipinski definition) is 4. The summed E-state index contributed by atoms with van der Waals surface area (Å²) in [4.78, 5) is 4.68. The van der Waals surface area contributed by atoms with Crippen molar-refractivity contribution < 1.29 is 9.53 Å². The van der Waals surface area contributed by atoms with Crippen LogP contribution in [0.15, 0.2) is 30.3 Å². The Kier molecular flexibility index (Phi) is 7.08. The van der Waals surface area contributed by atoms with Gasteiger partial charge >= 0.3 is 0 Å². The van der Waals surface area contributed by atoms with E-state index in [0.717, 1.165) is 51.3 Å². The Balaban J connectivity index is 1.74. The van der Waals surface area contributed by atoms with Crippen LogP contribution in [0.1, 0.15) is 39.7 Å². The van der Waals surface area contributed by atoms with Crippen LogP contribution < -0.4 is 0 Å². The van der Waals surface area contributed by atoms with Gasteiger partial charge < -0.3 is 14.4 Å². The topological polar surface area (TPSA) is 35.9 Å². The molecule has 0 bridgehead atoms. The van der Waals surface area contributed by atoms with E-state index in [1.165, 1.54) is 0 Å². The van der Waals surface area contributed by atoms with Gasteiger partial charge in [0.2, 0.25) is 0 Å². The molecule has 0 aromatic heterocycles. The Morgan fingerprint density at radius 3 is 2.12 bits per heavy atom. The molecule has 1 aliphatic rings. The molecule has 148 valence electrons. The second-order valence-corrected chi connectivity index (χ2v) is 14.0. The first kappa shape index (κ1) is 21.6. The van der Waals surface area contributed by atoms with E-state index in [4.69, 9.17) is 4.43 Å². The summed E-state index contributed by atoms with van der Waals surface area (Å²) in [6.45, 7) is 19.1. The molecule has 0 aliphatic carbocycles. The van der Waals surface area contributed by atoms with Crippen LogP contribution >= 0.6 is 0 Å². The van der Waals surface area contributed by atoms with E-state index in [2.05, 4.69) is 43.7 Å². The van der Waals surface area contributed by atoms with Crippen molar-refractivity contribution in [3.63, 3.8) is 0 Å². The molecule has 1 atom stereocenters. The highest BCUT2D eigenvalue weighted by molar-refractivity contribution is 6.74. The van der Waals surface area contributed by atoms with Crippen molar-refractivity contribution in [3.8, 4) is 0 Å². The number of piperazine rings is 1. The summed E-state index contributed by atoms with van der Waals surface area (Å²) in [5.41, 5.74) is 0.0786. The largest absolute Gasteiger partial charge is 0.417 e. The Morgan fingerprint density at radius 2 is 1.58 bits per heavy atom. The normalized spacial score (nSPS) is 20.1. The maximum Gasteiger partial charge on any atom is 0.191 e. The number of rotatable bonds is 7. The third kappa shape index (κ3) is 5.39. The molecule has 1 heterocycles. The van der Waals surface area contributed by atoms with Crippen molar-refractivity contribution >= 4 is 8.32 Å². The molecule has 1 fully saturated rings. The molecule has 1 saturated heterocycles. The first-order chi connectivity index (χ1) is 12.0. The third-order valence-electron chi connectivity index (χ3n) is 6.20. The predicted molar refractivity (Wildman–Crippen MR) is 112 cm³/mol. The molecule has 26 heavy (non-hydrogen) atoms. The minimum absolute atomic E-state index is 0.279. The molecule has 0 spiro atoms. The Morgan fingerprint density at radius 1 is 1.00 bits per heavy atom. The van der Waals surface area contributed by atoms with Gasteiger partial charge in [-0.2, -0.15) is 0 Å². The van der Waals surface area contributed by atoms with E-state index in [0.29, 0.717) is 0 Å². The maximum absolute atomic E-state index is 11.0. The lowest BCUT2D eigenvalue weighted by Gasteiger charge is -2.43. The van der Waals surface area contributed by atoms with E-state index >= 15 is 0 Å². The van der Waals surface area contributed by atoms with Gasteiger partial charge in [0, 0.05) is 39.3 Å². The summed E-state index contributed by atoms with van der Waals surface area (Å²) < 4.78 is 6.28. The molecule has 2 rings (SSSR count). The molecular formula is C21H38N2O2Si. The number of aliphatic hydroxyl groups is 1. The summed E-state index contributed by atoms with van der Waals surface area (Å²) in [5, 5.41) is 11.2. The van der Waals surface area contributed by atoms with Crippen molar-refractivity contribution in [2.45, 2.75) is 58.0 Å². The molecule has 1 aliphatic heterocycles. The van der Waals surface area contributed by atoms with Crippen LogP contribution in [0.3, 0.4) is 0 Å². The lowest BCUT2D eigenvalue weighted by molar-refractivity contribution is -0.117. The predicted octanol–water partition coefficient (Wildman–Crippen LogP) is 3.88. The number of nitrogens with zero attached hydrogens (tertiary/aromatic N) is 2. The Labute approximate surface area is 161 Å². The fraction of sp³-hybridized carbons (Fsp3) is 0.714. The molecule has 1 unspecified atom stereocenters. The van der Waals surface area contributed by atoms with Gasteiger partial charge in [0.25, 0.3) is 0 Å². The molecule has 5 heteroatoms. The van der Waals surface area contributed by atoms with Crippen LogP contribution in [0.4, 0.5) is 0 Å². The van der Waals surface area contributed by atoms with Gasteiger partial charge in [-0.1, -0.05) is 51.1 Å². The summed E-state index contributed by atoms with van der Waals surface area (Å²) in [6, 6.07) is 9.98. The van der Waals surface area contributed by atoms with E-state index in [1.54, 1.807) is 0 Å². The van der Waals surface area contributed by atoms with Crippen LogP contribution in [0, 0.1) is 0 Å². The molecule has 0 amide bonds. The summed E-state index contributed by atoms with van der Waals surface area (Å²) in [6.07, 6.45) is 1.08. The highest BCUT2D eigenvalue weighted by Crippen LogP contribution is 2.36. The SMILES string of the molecule is CC(O)(c1ccccc1)N1CCN(CCCO[Si](C)(C)C(C)(C)C)CC1.